The molecular weight excluding hydrogens is 228 g/mol. The van der Waals surface area contributed by atoms with Crippen LogP contribution in [0.25, 0.3) is 11.3 Å². The predicted molar refractivity (Wildman–Crippen MR) is 69.4 cm³/mol. The molecule has 1 aromatic heterocycles. The Morgan fingerprint density at radius 1 is 1.22 bits per heavy atom. The van der Waals surface area contributed by atoms with Crippen molar-refractivity contribution in [3.63, 3.8) is 0 Å². The van der Waals surface area contributed by atoms with Crippen molar-refractivity contribution in [1.29, 1.82) is 0 Å². The zero-order chi connectivity index (χ0) is 12.4. The van der Waals surface area contributed by atoms with E-state index < -0.39 is 0 Å². The van der Waals surface area contributed by atoms with Crippen LogP contribution in [0, 0.1) is 0 Å². The van der Waals surface area contributed by atoms with E-state index in [0.717, 1.165) is 23.6 Å². The molecule has 0 spiro atoms. The van der Waals surface area contributed by atoms with Crippen molar-refractivity contribution in [3.05, 3.63) is 42.7 Å². The summed E-state index contributed by atoms with van der Waals surface area (Å²) in [7, 11) is 0. The number of carbonyl (C=O) groups is 1. The Morgan fingerprint density at radius 3 is 2.94 bits per heavy atom. The molecule has 18 heavy (non-hydrogen) atoms. The number of hydrogen-bond donors (Lipinski definition) is 1. The van der Waals surface area contributed by atoms with E-state index in [1.54, 1.807) is 6.26 Å². The van der Waals surface area contributed by atoms with Crippen LogP contribution in [-0.2, 0) is 4.79 Å². The van der Waals surface area contributed by atoms with Crippen molar-refractivity contribution in [3.8, 4) is 11.3 Å². The average molecular weight is 242 g/mol. The zero-order valence-corrected chi connectivity index (χ0v) is 9.93. The lowest BCUT2D eigenvalue weighted by atomic mass is 10.1. The van der Waals surface area contributed by atoms with Crippen molar-refractivity contribution < 1.29 is 9.21 Å². The van der Waals surface area contributed by atoms with Gasteiger partial charge in [0, 0.05) is 24.3 Å². The van der Waals surface area contributed by atoms with Gasteiger partial charge >= 0.3 is 0 Å². The van der Waals surface area contributed by atoms with Gasteiger partial charge in [0.15, 0.2) is 0 Å². The maximum Gasteiger partial charge on any atom is 0.240 e. The van der Waals surface area contributed by atoms with Crippen LogP contribution in [-0.4, -0.2) is 25.5 Å². The van der Waals surface area contributed by atoms with E-state index in [9.17, 15) is 4.79 Å². The van der Waals surface area contributed by atoms with E-state index in [0.29, 0.717) is 13.1 Å². The van der Waals surface area contributed by atoms with E-state index in [2.05, 4.69) is 5.32 Å². The summed E-state index contributed by atoms with van der Waals surface area (Å²) in [4.78, 5) is 13.6. The number of furan rings is 1. The van der Waals surface area contributed by atoms with Crippen LogP contribution < -0.4 is 10.2 Å². The molecule has 0 atom stereocenters. The Morgan fingerprint density at radius 2 is 2.17 bits per heavy atom. The summed E-state index contributed by atoms with van der Waals surface area (Å²) < 4.78 is 5.37. The Labute approximate surface area is 105 Å². The third kappa shape index (κ3) is 2.02. The van der Waals surface area contributed by atoms with Crippen LogP contribution in [0.4, 0.5) is 5.69 Å². The number of carbonyl (C=O) groups excluding carboxylic acids is 1. The summed E-state index contributed by atoms with van der Waals surface area (Å²) in [6.07, 6.45) is 1.65. The molecule has 2 heterocycles. The highest BCUT2D eigenvalue weighted by molar-refractivity contribution is 5.96. The third-order valence-electron chi connectivity index (χ3n) is 3.05. The summed E-state index contributed by atoms with van der Waals surface area (Å²) in [5, 5.41) is 3.07. The molecule has 4 heteroatoms. The minimum Gasteiger partial charge on any atom is -0.464 e. The van der Waals surface area contributed by atoms with E-state index in [1.807, 2.05) is 41.3 Å². The van der Waals surface area contributed by atoms with Crippen molar-refractivity contribution in [1.82, 2.24) is 5.32 Å². The standard InChI is InChI=1S/C14H14N2O2/c17-14-10-15-6-7-16(14)12-4-1-3-11(9-12)13-5-2-8-18-13/h1-5,8-9,15H,6-7,10H2. The molecule has 0 saturated carbocycles. The SMILES string of the molecule is O=C1CNCCN1c1cccc(-c2ccco2)c1. The number of nitrogens with zero attached hydrogens (tertiary/aromatic N) is 1. The van der Waals surface area contributed by atoms with Crippen molar-refractivity contribution in [2.45, 2.75) is 0 Å². The normalized spacial score (nSPS) is 16.0. The van der Waals surface area contributed by atoms with Gasteiger partial charge in [0.1, 0.15) is 5.76 Å². The first-order valence-corrected chi connectivity index (χ1v) is 5.99. The molecule has 1 fully saturated rings. The fourth-order valence-electron chi connectivity index (χ4n) is 2.15. The quantitative estimate of drug-likeness (QED) is 0.874. The van der Waals surface area contributed by atoms with Gasteiger partial charge in [-0.2, -0.15) is 0 Å². The smallest absolute Gasteiger partial charge is 0.240 e. The van der Waals surface area contributed by atoms with Crippen LogP contribution in [0.5, 0.6) is 0 Å². The first-order chi connectivity index (χ1) is 8.84. The Hall–Kier alpha value is -2.07. The van der Waals surface area contributed by atoms with Crippen LogP contribution >= 0.6 is 0 Å². The van der Waals surface area contributed by atoms with E-state index >= 15 is 0 Å². The molecule has 0 bridgehead atoms. The van der Waals surface area contributed by atoms with Gasteiger partial charge in [0.2, 0.25) is 5.91 Å². The molecule has 1 amide bonds. The number of piperazine rings is 1. The van der Waals surface area contributed by atoms with Crippen LogP contribution in [0.3, 0.4) is 0 Å². The molecule has 0 radical (unpaired) electrons. The Kier molecular flexibility index (Phi) is 2.86. The predicted octanol–water partition coefficient (Wildman–Crippen LogP) is 1.88. The number of rotatable bonds is 2. The lowest BCUT2D eigenvalue weighted by Gasteiger charge is -2.27. The summed E-state index contributed by atoms with van der Waals surface area (Å²) >= 11 is 0. The second-order valence-electron chi connectivity index (χ2n) is 4.25. The fourth-order valence-corrected chi connectivity index (χ4v) is 2.15. The highest BCUT2D eigenvalue weighted by atomic mass is 16.3. The van der Waals surface area contributed by atoms with Gasteiger partial charge in [0.25, 0.3) is 0 Å². The topological polar surface area (TPSA) is 45.5 Å². The number of amides is 1. The average Bonchev–Trinajstić information content (AvgIpc) is 2.93. The van der Waals surface area contributed by atoms with Crippen molar-refractivity contribution in [2.75, 3.05) is 24.5 Å². The van der Waals surface area contributed by atoms with Gasteiger partial charge in [-0.15, -0.1) is 0 Å². The van der Waals surface area contributed by atoms with Gasteiger partial charge in [-0.1, -0.05) is 12.1 Å². The van der Waals surface area contributed by atoms with Gasteiger partial charge in [-0.05, 0) is 24.3 Å². The zero-order valence-electron chi connectivity index (χ0n) is 9.93. The highest BCUT2D eigenvalue weighted by Crippen LogP contribution is 2.25. The molecular formula is C14H14N2O2. The number of anilines is 1. The van der Waals surface area contributed by atoms with Gasteiger partial charge < -0.3 is 14.6 Å². The van der Waals surface area contributed by atoms with Gasteiger partial charge in [-0.3, -0.25) is 4.79 Å². The molecule has 0 aliphatic carbocycles. The molecule has 1 aliphatic rings. The van der Waals surface area contributed by atoms with Crippen LogP contribution in [0.2, 0.25) is 0 Å². The summed E-state index contributed by atoms with van der Waals surface area (Å²) in [5.74, 6) is 0.928. The van der Waals surface area contributed by atoms with Gasteiger partial charge in [-0.25, -0.2) is 0 Å². The van der Waals surface area contributed by atoms with Gasteiger partial charge in [0.05, 0.1) is 12.8 Å². The lowest BCUT2D eigenvalue weighted by molar-refractivity contribution is -0.118. The van der Waals surface area contributed by atoms with Crippen LogP contribution in [0.15, 0.2) is 47.1 Å². The summed E-state index contributed by atoms with van der Waals surface area (Å²) in [6, 6.07) is 11.6. The third-order valence-corrected chi connectivity index (χ3v) is 3.05. The molecule has 1 aromatic carbocycles. The molecule has 3 rings (SSSR count). The number of hydrogen-bond acceptors (Lipinski definition) is 3. The minimum atomic E-state index is 0.109. The summed E-state index contributed by atoms with van der Waals surface area (Å²) in [6.45, 7) is 1.95. The second kappa shape index (κ2) is 4.66. The molecule has 1 aliphatic heterocycles. The monoisotopic (exact) mass is 242 g/mol. The minimum absolute atomic E-state index is 0.109. The highest BCUT2D eigenvalue weighted by Gasteiger charge is 2.19. The Balaban J connectivity index is 1.93. The maximum absolute atomic E-state index is 11.8. The maximum atomic E-state index is 11.8. The van der Waals surface area contributed by atoms with Crippen LogP contribution in [0.1, 0.15) is 0 Å². The Bertz CT molecular complexity index is 549. The molecule has 92 valence electrons. The first kappa shape index (κ1) is 11.0. The van der Waals surface area contributed by atoms with E-state index in [4.69, 9.17) is 4.42 Å². The number of benzene rings is 1. The molecule has 0 unspecified atom stereocenters. The van der Waals surface area contributed by atoms with Crippen molar-refractivity contribution >= 4 is 11.6 Å². The molecule has 4 nitrogen and oxygen atoms in total. The van der Waals surface area contributed by atoms with E-state index in [-0.39, 0.29) is 5.91 Å². The number of nitrogens with one attached hydrogen (secondary N) is 1. The van der Waals surface area contributed by atoms with E-state index in [1.165, 1.54) is 0 Å². The van der Waals surface area contributed by atoms with Crippen molar-refractivity contribution in [2.24, 2.45) is 0 Å². The molecule has 1 saturated heterocycles. The molecule has 2 aromatic rings. The summed E-state index contributed by atoms with van der Waals surface area (Å²) in [5.41, 5.74) is 1.92. The molecule has 1 N–H and O–H groups in total. The lowest BCUT2D eigenvalue weighted by Crippen LogP contribution is -2.48. The first-order valence-electron chi connectivity index (χ1n) is 5.99. The largest absolute Gasteiger partial charge is 0.464 e. The second-order valence-corrected chi connectivity index (χ2v) is 4.25. The fraction of sp³-hybridized carbons (Fsp3) is 0.214.